The number of hydrogen-bond donors (Lipinski definition) is 1. The van der Waals surface area contributed by atoms with Crippen molar-refractivity contribution in [2.24, 2.45) is 5.92 Å². The number of nitrogens with one attached hydrogen (secondary N) is 1. The van der Waals surface area contributed by atoms with Crippen LogP contribution >= 0.6 is 11.3 Å². The largest absolute Gasteiger partial charge is 0.457 e. The van der Waals surface area contributed by atoms with Gasteiger partial charge in [0.25, 0.3) is 5.91 Å². The van der Waals surface area contributed by atoms with Gasteiger partial charge in [0.1, 0.15) is 27.3 Å². The smallest absolute Gasteiger partial charge is 0.254 e. The summed E-state index contributed by atoms with van der Waals surface area (Å²) in [5.41, 5.74) is 1.38. The molecule has 0 radical (unpaired) electrons. The van der Waals surface area contributed by atoms with Crippen molar-refractivity contribution in [3.8, 4) is 22.1 Å². The number of halogens is 1. The van der Waals surface area contributed by atoms with Gasteiger partial charge >= 0.3 is 0 Å². The molecule has 9 nitrogen and oxygen atoms in total. The van der Waals surface area contributed by atoms with E-state index in [1.807, 2.05) is 31.2 Å². The molecule has 2 amide bonds. The summed E-state index contributed by atoms with van der Waals surface area (Å²) in [6.45, 7) is 10.4. The number of piperidine rings is 1. The number of hydrogen-bond acceptors (Lipinski definition) is 8. The molecule has 0 saturated carbocycles. The third-order valence-corrected chi connectivity index (χ3v) is 10.3. The lowest BCUT2D eigenvalue weighted by molar-refractivity contribution is -0.128. The molecule has 0 bridgehead atoms. The first-order valence-corrected chi connectivity index (χ1v) is 16.9. The highest BCUT2D eigenvalue weighted by atomic mass is 32.1. The van der Waals surface area contributed by atoms with Crippen LogP contribution in [0.1, 0.15) is 79.7 Å². The Morgan fingerprint density at radius 3 is 2.49 bits per heavy atom. The van der Waals surface area contributed by atoms with Crippen LogP contribution in [-0.4, -0.2) is 76.7 Å². The van der Waals surface area contributed by atoms with Gasteiger partial charge in [0, 0.05) is 74.9 Å². The summed E-state index contributed by atoms with van der Waals surface area (Å²) in [6.07, 6.45) is 4.20. The van der Waals surface area contributed by atoms with Gasteiger partial charge in [0.05, 0.1) is 5.56 Å². The van der Waals surface area contributed by atoms with Crippen LogP contribution in [0.2, 0.25) is 0 Å². The van der Waals surface area contributed by atoms with Crippen molar-refractivity contribution in [3.05, 3.63) is 58.3 Å². The van der Waals surface area contributed by atoms with Crippen molar-refractivity contribution in [1.29, 1.82) is 0 Å². The number of likely N-dealkylation sites (tertiary alicyclic amines) is 2. The second-order valence-corrected chi connectivity index (χ2v) is 13.9. The minimum Gasteiger partial charge on any atom is -0.457 e. The minimum atomic E-state index is -0.623. The molecule has 2 aromatic carbocycles. The van der Waals surface area contributed by atoms with Crippen molar-refractivity contribution in [2.75, 3.05) is 32.8 Å². The first kappa shape index (κ1) is 31.6. The molecule has 3 saturated heterocycles. The Labute approximate surface area is 268 Å². The van der Waals surface area contributed by atoms with Gasteiger partial charge in [-0.25, -0.2) is 4.39 Å². The quantitative estimate of drug-likeness (QED) is 0.308. The third kappa shape index (κ3) is 7.53. The summed E-state index contributed by atoms with van der Waals surface area (Å²) < 4.78 is 27.4. The maximum atomic E-state index is 15.6. The van der Waals surface area contributed by atoms with Gasteiger partial charge < -0.3 is 24.6 Å². The lowest BCUT2D eigenvalue weighted by atomic mass is 9.99. The Balaban J connectivity index is 1.19. The second-order valence-electron chi connectivity index (χ2n) is 12.9. The first-order chi connectivity index (χ1) is 21.7. The normalized spacial score (nSPS) is 20.2. The Hall–Kier alpha value is -3.41. The van der Waals surface area contributed by atoms with Crippen LogP contribution in [-0.2, 0) is 16.1 Å². The summed E-state index contributed by atoms with van der Waals surface area (Å²) in [5, 5.41) is 13.5. The van der Waals surface area contributed by atoms with Crippen molar-refractivity contribution in [2.45, 2.75) is 77.4 Å². The fraction of sp³-hybridized carbons (Fsp3) is 0.529. The highest BCUT2D eigenvalue weighted by molar-refractivity contribution is 7.14. The predicted octanol–water partition coefficient (Wildman–Crippen LogP) is 6.00. The Kier molecular flexibility index (Phi) is 9.77. The van der Waals surface area contributed by atoms with Crippen LogP contribution in [0.25, 0.3) is 10.6 Å². The van der Waals surface area contributed by atoms with Gasteiger partial charge in [-0.2, -0.15) is 0 Å². The molecule has 45 heavy (non-hydrogen) atoms. The van der Waals surface area contributed by atoms with E-state index in [0.717, 1.165) is 67.6 Å². The number of nitrogens with zero attached hydrogens (tertiary/aromatic N) is 4. The van der Waals surface area contributed by atoms with Gasteiger partial charge in [-0.1, -0.05) is 32.1 Å². The van der Waals surface area contributed by atoms with Crippen molar-refractivity contribution in [1.82, 2.24) is 25.3 Å². The van der Waals surface area contributed by atoms with E-state index in [2.05, 4.69) is 34.3 Å². The molecule has 3 aliphatic heterocycles. The van der Waals surface area contributed by atoms with E-state index in [4.69, 9.17) is 9.47 Å². The molecular weight excluding hydrogens is 593 g/mol. The first-order valence-electron chi connectivity index (χ1n) is 16.1. The average Bonchev–Trinajstić information content (AvgIpc) is 3.66. The lowest BCUT2D eigenvalue weighted by Crippen LogP contribution is -2.49. The third-order valence-electron chi connectivity index (χ3n) is 9.00. The van der Waals surface area contributed by atoms with Gasteiger partial charge in [-0.15, -0.1) is 10.2 Å². The Bertz CT molecular complexity index is 1500. The molecule has 3 aromatic rings. The molecule has 3 fully saturated rings. The van der Waals surface area contributed by atoms with Crippen molar-refractivity contribution in [3.63, 3.8) is 0 Å². The second kappa shape index (κ2) is 13.9. The zero-order valence-corrected chi connectivity index (χ0v) is 27.1. The predicted molar refractivity (Wildman–Crippen MR) is 171 cm³/mol. The summed E-state index contributed by atoms with van der Waals surface area (Å²) in [5.74, 6) is 0.386. The van der Waals surface area contributed by atoms with E-state index >= 15 is 4.39 Å². The highest BCUT2D eigenvalue weighted by Crippen LogP contribution is 2.34. The van der Waals surface area contributed by atoms with E-state index in [1.165, 1.54) is 12.1 Å². The number of aromatic nitrogens is 2. The van der Waals surface area contributed by atoms with E-state index in [-0.39, 0.29) is 30.0 Å². The standard InChI is InChI=1S/C34H42FN5O4S/c1-21(2)33-37-38-34(45-33)23-4-6-27(7-5-23)44-30-18-28(29(35)17-24(30)20-40-19-22(3)16-31(40)41)32(42)36-25-8-12-39(13-9-25)26-10-14-43-15-11-26/h4-7,17-18,21-22,25-26H,8-16,19-20H2,1-3H3,(H,36,42). The zero-order valence-electron chi connectivity index (χ0n) is 26.3. The molecular formula is C34H42FN5O4S. The number of benzene rings is 2. The van der Waals surface area contributed by atoms with Gasteiger partial charge in [-0.3, -0.25) is 9.59 Å². The zero-order chi connectivity index (χ0) is 31.5. The molecule has 240 valence electrons. The van der Waals surface area contributed by atoms with Crippen LogP contribution in [0.4, 0.5) is 4.39 Å². The van der Waals surface area contributed by atoms with Crippen LogP contribution < -0.4 is 10.1 Å². The van der Waals surface area contributed by atoms with Crippen LogP contribution in [0, 0.1) is 11.7 Å². The molecule has 0 spiro atoms. The van der Waals surface area contributed by atoms with Gasteiger partial charge in [0.15, 0.2) is 0 Å². The molecule has 0 aliphatic carbocycles. The van der Waals surface area contributed by atoms with Crippen molar-refractivity contribution < 1.29 is 23.5 Å². The van der Waals surface area contributed by atoms with Gasteiger partial charge in [-0.05, 0) is 68.0 Å². The van der Waals surface area contributed by atoms with Gasteiger partial charge in [0.2, 0.25) is 5.91 Å². The van der Waals surface area contributed by atoms with Crippen LogP contribution in [0.15, 0.2) is 36.4 Å². The molecule has 1 atom stereocenters. The number of rotatable bonds is 9. The van der Waals surface area contributed by atoms with E-state index < -0.39 is 11.7 Å². The summed E-state index contributed by atoms with van der Waals surface area (Å²) in [7, 11) is 0. The number of carbonyl (C=O) groups is 2. The van der Waals surface area contributed by atoms with Crippen LogP contribution in [0.5, 0.6) is 11.5 Å². The highest BCUT2D eigenvalue weighted by Gasteiger charge is 2.30. The number of amides is 2. The van der Waals surface area contributed by atoms with Crippen LogP contribution in [0.3, 0.4) is 0 Å². The van der Waals surface area contributed by atoms with E-state index in [9.17, 15) is 9.59 Å². The maximum absolute atomic E-state index is 15.6. The maximum Gasteiger partial charge on any atom is 0.254 e. The minimum absolute atomic E-state index is 0.0233. The van der Waals surface area contributed by atoms with E-state index in [1.54, 1.807) is 16.2 Å². The summed E-state index contributed by atoms with van der Waals surface area (Å²) in [6, 6.07) is 10.8. The Morgan fingerprint density at radius 1 is 1.11 bits per heavy atom. The topological polar surface area (TPSA) is 96.9 Å². The SMILES string of the molecule is CC1CC(=O)N(Cc2cc(F)c(C(=O)NC3CCN(C4CCOCC4)CC3)cc2Oc2ccc(-c3nnc(C(C)C)s3)cc2)C1. The number of carbonyl (C=O) groups excluding carboxylic acids is 2. The molecule has 3 aliphatic rings. The molecule has 1 aromatic heterocycles. The molecule has 11 heteroatoms. The fourth-order valence-corrected chi connectivity index (χ4v) is 7.27. The molecule has 4 heterocycles. The fourth-order valence-electron chi connectivity index (χ4n) is 6.41. The Morgan fingerprint density at radius 2 is 1.84 bits per heavy atom. The van der Waals surface area contributed by atoms with E-state index in [0.29, 0.717) is 42.0 Å². The molecule has 1 N–H and O–H groups in total. The average molecular weight is 636 g/mol. The molecule has 6 rings (SSSR count). The summed E-state index contributed by atoms with van der Waals surface area (Å²) in [4.78, 5) is 30.2. The lowest BCUT2D eigenvalue weighted by Gasteiger charge is -2.39. The number of ether oxygens (including phenoxy) is 2. The monoisotopic (exact) mass is 635 g/mol. The molecule has 1 unspecified atom stereocenters. The summed E-state index contributed by atoms with van der Waals surface area (Å²) >= 11 is 1.56. The van der Waals surface area contributed by atoms with Crippen molar-refractivity contribution >= 4 is 23.2 Å².